The largest absolute Gasteiger partial charge is 0.137 e. The molecule has 0 N–H and O–H groups in total. The Labute approximate surface area is 70.2 Å². The van der Waals surface area contributed by atoms with E-state index in [9.17, 15) is 0 Å². The van der Waals surface area contributed by atoms with E-state index in [4.69, 9.17) is 0 Å². The van der Waals surface area contributed by atoms with Gasteiger partial charge in [0.25, 0.3) is 0 Å². The van der Waals surface area contributed by atoms with Crippen LogP contribution < -0.4 is 0 Å². The highest BCUT2D eigenvalue weighted by molar-refractivity contribution is 9.10. The lowest BCUT2D eigenvalue weighted by Gasteiger charge is -1.86. The zero-order chi connectivity index (χ0) is 6.97. The summed E-state index contributed by atoms with van der Waals surface area (Å²) in [5.74, 6) is 0. The maximum Gasteiger partial charge on any atom is 0.120 e. The summed E-state index contributed by atoms with van der Waals surface area (Å²) in [6, 6.07) is 5.95. The molecule has 50 valence electrons. The Balaban J connectivity index is 2.95. The minimum absolute atomic E-state index is 0.951. The van der Waals surface area contributed by atoms with Crippen LogP contribution in [0, 0.1) is 0 Å². The predicted octanol–water partition coefficient (Wildman–Crippen LogP) is 2.45. The molecule has 2 aromatic rings. The van der Waals surface area contributed by atoms with E-state index in [0.717, 1.165) is 14.7 Å². The number of benzene rings is 1. The SMILES string of the molecule is Brc1cccc2snnc12. The lowest BCUT2D eigenvalue weighted by atomic mass is 10.3. The predicted molar refractivity (Wildman–Crippen MR) is 45.1 cm³/mol. The molecule has 0 fully saturated rings. The third-order valence-corrected chi connectivity index (χ3v) is 2.56. The molecule has 0 aliphatic heterocycles. The van der Waals surface area contributed by atoms with Crippen molar-refractivity contribution in [2.45, 2.75) is 0 Å². The lowest BCUT2D eigenvalue weighted by molar-refractivity contribution is 1.19. The number of halogens is 1. The van der Waals surface area contributed by atoms with Gasteiger partial charge < -0.3 is 0 Å². The number of nitrogens with zero attached hydrogens (tertiary/aromatic N) is 2. The van der Waals surface area contributed by atoms with Gasteiger partial charge in [0, 0.05) is 4.47 Å². The summed E-state index contributed by atoms with van der Waals surface area (Å²) >= 11 is 4.79. The zero-order valence-electron chi connectivity index (χ0n) is 4.91. The van der Waals surface area contributed by atoms with Gasteiger partial charge in [-0.25, -0.2) is 0 Å². The second-order valence-electron chi connectivity index (χ2n) is 1.86. The summed E-state index contributed by atoms with van der Waals surface area (Å²) in [6.45, 7) is 0. The molecule has 0 unspecified atom stereocenters. The van der Waals surface area contributed by atoms with Crippen molar-refractivity contribution in [2.24, 2.45) is 0 Å². The molecule has 0 spiro atoms. The molecule has 0 saturated carbocycles. The quantitative estimate of drug-likeness (QED) is 0.674. The van der Waals surface area contributed by atoms with Crippen LogP contribution in [0.15, 0.2) is 22.7 Å². The average Bonchev–Trinajstić information content (AvgIpc) is 2.36. The van der Waals surface area contributed by atoms with E-state index in [2.05, 4.69) is 25.5 Å². The highest BCUT2D eigenvalue weighted by atomic mass is 79.9. The van der Waals surface area contributed by atoms with Crippen molar-refractivity contribution in [3.63, 3.8) is 0 Å². The number of aromatic nitrogens is 2. The van der Waals surface area contributed by atoms with Crippen molar-refractivity contribution in [3.8, 4) is 0 Å². The molecule has 2 nitrogen and oxygen atoms in total. The van der Waals surface area contributed by atoms with Gasteiger partial charge in [0.2, 0.25) is 0 Å². The first-order valence-corrected chi connectivity index (χ1v) is 4.31. The van der Waals surface area contributed by atoms with E-state index in [0.29, 0.717) is 0 Å². The van der Waals surface area contributed by atoms with Gasteiger partial charge in [-0.2, -0.15) is 0 Å². The summed E-state index contributed by atoms with van der Waals surface area (Å²) in [6.07, 6.45) is 0. The van der Waals surface area contributed by atoms with E-state index in [-0.39, 0.29) is 0 Å². The Bertz CT molecular complexity index is 357. The van der Waals surface area contributed by atoms with Gasteiger partial charge >= 0.3 is 0 Å². The average molecular weight is 215 g/mol. The number of rotatable bonds is 0. The summed E-state index contributed by atoms with van der Waals surface area (Å²) in [7, 11) is 0. The second-order valence-corrected chi connectivity index (χ2v) is 3.50. The van der Waals surface area contributed by atoms with E-state index >= 15 is 0 Å². The third kappa shape index (κ3) is 0.839. The minimum atomic E-state index is 0.951. The Hall–Kier alpha value is -0.480. The van der Waals surface area contributed by atoms with Gasteiger partial charge in [-0.1, -0.05) is 10.6 Å². The Morgan fingerprint density at radius 1 is 1.40 bits per heavy atom. The van der Waals surface area contributed by atoms with Crippen molar-refractivity contribution in [1.82, 2.24) is 9.59 Å². The van der Waals surface area contributed by atoms with Crippen molar-refractivity contribution < 1.29 is 0 Å². The molecule has 0 aliphatic rings. The monoisotopic (exact) mass is 214 g/mol. The third-order valence-electron chi connectivity index (χ3n) is 1.23. The summed E-state index contributed by atoms with van der Waals surface area (Å²) in [5, 5.41) is 3.94. The Kier molecular flexibility index (Phi) is 1.43. The van der Waals surface area contributed by atoms with Gasteiger partial charge in [-0.05, 0) is 39.6 Å². The standard InChI is InChI=1S/C6H3BrN2S/c7-4-2-1-3-5-6(4)8-9-10-5/h1-3H. The maximum absolute atomic E-state index is 3.94. The summed E-state index contributed by atoms with van der Waals surface area (Å²) in [5.41, 5.74) is 0.951. The summed E-state index contributed by atoms with van der Waals surface area (Å²) < 4.78 is 5.96. The van der Waals surface area contributed by atoms with Crippen molar-refractivity contribution in [2.75, 3.05) is 0 Å². The van der Waals surface area contributed by atoms with E-state index in [1.807, 2.05) is 18.2 Å². The van der Waals surface area contributed by atoms with Crippen LogP contribution in [0.5, 0.6) is 0 Å². The summed E-state index contributed by atoms with van der Waals surface area (Å²) in [4.78, 5) is 0. The van der Waals surface area contributed by atoms with Crippen LogP contribution in [-0.2, 0) is 0 Å². The highest BCUT2D eigenvalue weighted by Gasteiger charge is 1.99. The topological polar surface area (TPSA) is 25.8 Å². The number of hydrogen-bond donors (Lipinski definition) is 0. The molecule has 1 aromatic carbocycles. The first-order valence-electron chi connectivity index (χ1n) is 2.74. The van der Waals surface area contributed by atoms with Crippen LogP contribution in [0.3, 0.4) is 0 Å². The number of hydrogen-bond acceptors (Lipinski definition) is 3. The first-order chi connectivity index (χ1) is 4.88. The molecular weight excluding hydrogens is 212 g/mol. The minimum Gasteiger partial charge on any atom is -0.137 e. The van der Waals surface area contributed by atoms with E-state index in [1.54, 1.807) is 0 Å². The highest BCUT2D eigenvalue weighted by Crippen LogP contribution is 2.23. The van der Waals surface area contributed by atoms with Crippen LogP contribution in [-0.4, -0.2) is 9.59 Å². The van der Waals surface area contributed by atoms with Crippen LogP contribution in [0.25, 0.3) is 10.2 Å². The van der Waals surface area contributed by atoms with Gasteiger partial charge in [0.05, 0.1) is 4.70 Å². The molecule has 0 aliphatic carbocycles. The van der Waals surface area contributed by atoms with Crippen molar-refractivity contribution >= 4 is 37.7 Å². The molecule has 1 heterocycles. The fourth-order valence-corrected chi connectivity index (χ4v) is 1.94. The second kappa shape index (κ2) is 2.29. The molecule has 2 rings (SSSR count). The zero-order valence-corrected chi connectivity index (χ0v) is 7.32. The lowest BCUT2D eigenvalue weighted by Crippen LogP contribution is -1.68. The van der Waals surface area contributed by atoms with Gasteiger partial charge in [-0.3, -0.25) is 0 Å². The van der Waals surface area contributed by atoms with Gasteiger partial charge in [0.1, 0.15) is 5.52 Å². The molecule has 1 aromatic heterocycles. The van der Waals surface area contributed by atoms with Crippen LogP contribution in [0.2, 0.25) is 0 Å². The fraction of sp³-hybridized carbons (Fsp3) is 0. The van der Waals surface area contributed by atoms with Crippen molar-refractivity contribution in [3.05, 3.63) is 22.7 Å². The number of fused-ring (bicyclic) bond motifs is 1. The Morgan fingerprint density at radius 3 is 3.10 bits per heavy atom. The molecule has 4 heteroatoms. The van der Waals surface area contributed by atoms with Crippen LogP contribution in [0.4, 0.5) is 0 Å². The van der Waals surface area contributed by atoms with Gasteiger partial charge in [0.15, 0.2) is 0 Å². The smallest absolute Gasteiger partial charge is 0.120 e. The molecule has 0 saturated heterocycles. The molecule has 0 atom stereocenters. The maximum atomic E-state index is 3.94. The molecular formula is C6H3BrN2S. The molecule has 0 amide bonds. The first kappa shape index (κ1) is 6.24. The normalized spacial score (nSPS) is 10.5. The molecule has 0 radical (unpaired) electrons. The van der Waals surface area contributed by atoms with Crippen LogP contribution >= 0.6 is 27.5 Å². The van der Waals surface area contributed by atoms with Gasteiger partial charge in [-0.15, -0.1) is 5.10 Å². The molecule has 0 bridgehead atoms. The van der Waals surface area contributed by atoms with Crippen LogP contribution in [0.1, 0.15) is 0 Å². The van der Waals surface area contributed by atoms with Crippen molar-refractivity contribution in [1.29, 1.82) is 0 Å². The van der Waals surface area contributed by atoms with E-state index in [1.165, 1.54) is 11.5 Å². The fourth-order valence-electron chi connectivity index (χ4n) is 0.771. The Morgan fingerprint density at radius 2 is 2.30 bits per heavy atom. The molecule has 10 heavy (non-hydrogen) atoms. The van der Waals surface area contributed by atoms with E-state index < -0.39 is 0 Å².